The second-order valence-electron chi connectivity index (χ2n) is 5.44. The maximum atomic E-state index is 11.6. The van der Waals surface area contributed by atoms with Gasteiger partial charge in [0.2, 0.25) is 0 Å². The predicted octanol–water partition coefficient (Wildman–Crippen LogP) is 2.96. The summed E-state index contributed by atoms with van der Waals surface area (Å²) in [6, 6.07) is 8.22. The van der Waals surface area contributed by atoms with Crippen LogP contribution in [0.4, 0.5) is 5.69 Å². The summed E-state index contributed by atoms with van der Waals surface area (Å²) >= 11 is 1.03. The van der Waals surface area contributed by atoms with E-state index in [0.29, 0.717) is 10.2 Å². The Kier molecular flexibility index (Phi) is 3.81. The number of hydrogen-bond acceptors (Lipinski definition) is 6. The molecule has 0 unspecified atom stereocenters. The molecule has 0 saturated carbocycles. The number of aryl methyl sites for hydroxylation is 1. The molecule has 0 atom stereocenters. The van der Waals surface area contributed by atoms with Crippen molar-refractivity contribution in [2.45, 2.75) is 11.8 Å². The van der Waals surface area contributed by atoms with Crippen molar-refractivity contribution in [1.29, 1.82) is 0 Å². The highest BCUT2D eigenvalue weighted by Gasteiger charge is 2.20. The largest absolute Gasteiger partial charge is 0.477 e. The Morgan fingerprint density at radius 2 is 1.88 bits per heavy atom. The van der Waals surface area contributed by atoms with Gasteiger partial charge in [-0.1, -0.05) is 12.1 Å². The van der Waals surface area contributed by atoms with E-state index in [4.69, 9.17) is 5.73 Å². The van der Waals surface area contributed by atoms with Gasteiger partial charge < -0.3 is 10.8 Å². The SMILES string of the molecule is Cc1cc(-c2ccc(S(C)(=O)=O)cc2)c2c(N)c(C(=O)O)sc2n1. The van der Waals surface area contributed by atoms with Crippen LogP contribution >= 0.6 is 11.3 Å². The Bertz CT molecular complexity index is 1070. The highest BCUT2D eigenvalue weighted by Crippen LogP contribution is 2.39. The number of rotatable bonds is 3. The van der Waals surface area contributed by atoms with Crippen molar-refractivity contribution in [3.05, 3.63) is 40.9 Å². The van der Waals surface area contributed by atoms with Crippen molar-refractivity contribution in [1.82, 2.24) is 4.98 Å². The quantitative estimate of drug-likeness (QED) is 0.741. The minimum atomic E-state index is -3.28. The van der Waals surface area contributed by atoms with E-state index in [2.05, 4.69) is 4.98 Å². The molecular weight excluding hydrogens is 348 g/mol. The first-order valence-electron chi connectivity index (χ1n) is 6.92. The molecule has 2 heterocycles. The molecule has 0 saturated heterocycles. The lowest BCUT2D eigenvalue weighted by Crippen LogP contribution is -1.98. The zero-order chi connectivity index (χ0) is 17.6. The standard InChI is InChI=1S/C16H14N2O4S2/c1-8-7-11(9-3-5-10(6-4-9)24(2,21)22)12-13(17)14(16(19)20)23-15(12)18-8/h3-7H,17H2,1-2H3,(H,19,20). The van der Waals surface area contributed by atoms with E-state index in [1.54, 1.807) is 12.1 Å². The van der Waals surface area contributed by atoms with Crippen molar-refractivity contribution in [2.75, 3.05) is 12.0 Å². The van der Waals surface area contributed by atoms with Crippen LogP contribution in [0, 0.1) is 6.92 Å². The molecule has 3 N–H and O–H groups in total. The molecule has 3 rings (SSSR count). The van der Waals surface area contributed by atoms with Crippen LogP contribution in [0.3, 0.4) is 0 Å². The van der Waals surface area contributed by atoms with Crippen molar-refractivity contribution in [2.24, 2.45) is 0 Å². The number of aromatic carboxylic acids is 1. The molecular formula is C16H14N2O4S2. The van der Waals surface area contributed by atoms with E-state index < -0.39 is 15.8 Å². The summed E-state index contributed by atoms with van der Waals surface area (Å²) in [4.78, 5) is 16.5. The number of nitrogens with zero attached hydrogens (tertiary/aromatic N) is 1. The summed E-state index contributed by atoms with van der Waals surface area (Å²) in [6.07, 6.45) is 1.15. The molecule has 2 aromatic heterocycles. The normalized spacial score (nSPS) is 11.8. The maximum absolute atomic E-state index is 11.6. The van der Waals surface area contributed by atoms with E-state index in [1.807, 2.05) is 13.0 Å². The zero-order valence-electron chi connectivity index (χ0n) is 12.9. The van der Waals surface area contributed by atoms with Crippen LogP contribution in [0.15, 0.2) is 35.2 Å². The number of nitrogen functional groups attached to an aromatic ring is 1. The fourth-order valence-electron chi connectivity index (χ4n) is 2.51. The fourth-order valence-corrected chi connectivity index (χ4v) is 4.15. The highest BCUT2D eigenvalue weighted by atomic mass is 32.2. The molecule has 0 bridgehead atoms. The molecule has 6 nitrogen and oxygen atoms in total. The second kappa shape index (κ2) is 5.57. The average Bonchev–Trinajstić information content (AvgIpc) is 2.83. The molecule has 1 aromatic carbocycles. The lowest BCUT2D eigenvalue weighted by molar-refractivity contribution is 0.0703. The smallest absolute Gasteiger partial charge is 0.348 e. The number of anilines is 1. The number of benzene rings is 1. The summed E-state index contributed by atoms with van der Waals surface area (Å²) < 4.78 is 23.2. The molecule has 0 radical (unpaired) electrons. The first-order valence-corrected chi connectivity index (χ1v) is 9.62. The molecule has 3 aromatic rings. The lowest BCUT2D eigenvalue weighted by Gasteiger charge is -2.07. The van der Waals surface area contributed by atoms with E-state index in [0.717, 1.165) is 34.4 Å². The van der Waals surface area contributed by atoms with Gasteiger partial charge in [-0.05, 0) is 36.2 Å². The van der Waals surface area contributed by atoms with Crippen LogP contribution in [0.5, 0.6) is 0 Å². The molecule has 0 fully saturated rings. The third-order valence-electron chi connectivity index (χ3n) is 3.61. The van der Waals surface area contributed by atoms with Gasteiger partial charge in [0.25, 0.3) is 0 Å². The monoisotopic (exact) mass is 362 g/mol. The molecule has 0 aliphatic heterocycles. The zero-order valence-corrected chi connectivity index (χ0v) is 14.5. The summed E-state index contributed by atoms with van der Waals surface area (Å²) in [7, 11) is -3.28. The van der Waals surface area contributed by atoms with E-state index in [-0.39, 0.29) is 15.5 Å². The Balaban J connectivity index is 2.27. The molecule has 0 aliphatic carbocycles. The number of carbonyl (C=O) groups is 1. The number of hydrogen-bond donors (Lipinski definition) is 2. The Morgan fingerprint density at radius 3 is 2.42 bits per heavy atom. The number of fused-ring (bicyclic) bond motifs is 1. The van der Waals surface area contributed by atoms with Crippen LogP contribution in [0.1, 0.15) is 15.4 Å². The first kappa shape index (κ1) is 16.4. The molecule has 124 valence electrons. The molecule has 24 heavy (non-hydrogen) atoms. The van der Waals surface area contributed by atoms with Crippen LogP contribution in [-0.4, -0.2) is 30.7 Å². The van der Waals surface area contributed by atoms with Gasteiger partial charge in [0, 0.05) is 17.3 Å². The van der Waals surface area contributed by atoms with Gasteiger partial charge >= 0.3 is 5.97 Å². The van der Waals surface area contributed by atoms with Crippen molar-refractivity contribution in [3.63, 3.8) is 0 Å². The maximum Gasteiger partial charge on any atom is 0.348 e. The first-order chi connectivity index (χ1) is 11.2. The number of nitrogens with two attached hydrogens (primary N) is 1. The van der Waals surface area contributed by atoms with Gasteiger partial charge in [-0.25, -0.2) is 18.2 Å². The third-order valence-corrected chi connectivity index (χ3v) is 5.83. The number of thiophene rings is 1. The number of carboxylic acid groups (broad SMARTS) is 1. The van der Waals surface area contributed by atoms with Crippen LogP contribution < -0.4 is 5.73 Å². The summed E-state index contributed by atoms with van der Waals surface area (Å²) in [6.45, 7) is 1.81. The molecule has 0 aliphatic rings. The minimum Gasteiger partial charge on any atom is -0.477 e. The van der Waals surface area contributed by atoms with Gasteiger partial charge in [-0.2, -0.15) is 0 Å². The fraction of sp³-hybridized carbons (Fsp3) is 0.125. The summed E-state index contributed by atoms with van der Waals surface area (Å²) in [5, 5.41) is 9.84. The predicted molar refractivity (Wildman–Crippen MR) is 94.3 cm³/mol. The van der Waals surface area contributed by atoms with Gasteiger partial charge in [0.1, 0.15) is 9.71 Å². The van der Waals surface area contributed by atoms with Crippen molar-refractivity contribution < 1.29 is 18.3 Å². The Morgan fingerprint density at radius 1 is 1.25 bits per heavy atom. The molecule has 8 heteroatoms. The number of sulfone groups is 1. The van der Waals surface area contributed by atoms with Crippen molar-refractivity contribution in [3.8, 4) is 11.1 Å². The minimum absolute atomic E-state index is 0.0529. The van der Waals surface area contributed by atoms with E-state index in [1.165, 1.54) is 12.1 Å². The number of carboxylic acids is 1. The molecule has 0 spiro atoms. The second-order valence-corrected chi connectivity index (χ2v) is 8.45. The van der Waals surface area contributed by atoms with E-state index >= 15 is 0 Å². The third kappa shape index (κ3) is 2.74. The molecule has 0 amide bonds. The van der Waals surface area contributed by atoms with Crippen LogP contribution in [0.25, 0.3) is 21.3 Å². The number of aromatic nitrogens is 1. The Hall–Kier alpha value is -2.45. The Labute approximate surface area is 142 Å². The van der Waals surface area contributed by atoms with Crippen molar-refractivity contribution >= 4 is 43.0 Å². The van der Waals surface area contributed by atoms with Crippen LogP contribution in [-0.2, 0) is 9.84 Å². The van der Waals surface area contributed by atoms with Gasteiger partial charge in [-0.3, -0.25) is 0 Å². The highest BCUT2D eigenvalue weighted by molar-refractivity contribution is 7.90. The summed E-state index contributed by atoms with van der Waals surface area (Å²) in [5.41, 5.74) is 8.41. The van der Waals surface area contributed by atoms with Gasteiger partial charge in [-0.15, -0.1) is 11.3 Å². The average molecular weight is 362 g/mol. The van der Waals surface area contributed by atoms with E-state index in [9.17, 15) is 18.3 Å². The number of pyridine rings is 1. The van der Waals surface area contributed by atoms with Crippen LogP contribution in [0.2, 0.25) is 0 Å². The lowest BCUT2D eigenvalue weighted by atomic mass is 10.0. The van der Waals surface area contributed by atoms with Gasteiger partial charge in [0.05, 0.1) is 10.6 Å². The topological polar surface area (TPSA) is 110 Å². The summed E-state index contributed by atoms with van der Waals surface area (Å²) in [5.74, 6) is -1.09. The van der Waals surface area contributed by atoms with Gasteiger partial charge in [0.15, 0.2) is 9.84 Å².